The number of nitrogens with zero attached hydrogens (tertiary/aromatic N) is 3. The van der Waals surface area contributed by atoms with E-state index in [1.165, 1.54) is 36.4 Å². The molecule has 0 aliphatic heterocycles. The molecule has 32 heavy (non-hydrogen) atoms. The Kier molecular flexibility index (Phi) is 5.72. The Bertz CT molecular complexity index is 1400. The van der Waals surface area contributed by atoms with Crippen LogP contribution in [-0.4, -0.2) is 22.9 Å². The number of nitrogens with one attached hydrogen (secondary N) is 1. The Morgan fingerprint density at radius 1 is 1.12 bits per heavy atom. The second-order valence-corrected chi connectivity index (χ2v) is 9.00. The number of aromatic nitrogens is 2. The minimum absolute atomic E-state index is 0.180. The van der Waals surface area contributed by atoms with Gasteiger partial charge in [0.15, 0.2) is 0 Å². The van der Waals surface area contributed by atoms with Gasteiger partial charge >= 0.3 is 0 Å². The summed E-state index contributed by atoms with van der Waals surface area (Å²) in [5, 5.41) is 11.1. The molecule has 1 heterocycles. The summed E-state index contributed by atoms with van der Waals surface area (Å²) in [5.74, 6) is -0.446. The Hall–Kier alpha value is -3.63. The molecule has 10 heteroatoms. The van der Waals surface area contributed by atoms with Crippen molar-refractivity contribution in [3.8, 4) is 0 Å². The number of para-hydroxylation sites is 2. The molecule has 0 fully saturated rings. The van der Waals surface area contributed by atoms with Crippen LogP contribution in [0.1, 0.15) is 17.2 Å². The molecule has 8 nitrogen and oxygen atoms in total. The van der Waals surface area contributed by atoms with Gasteiger partial charge < -0.3 is 4.57 Å². The molecule has 1 aromatic heterocycles. The van der Waals surface area contributed by atoms with Gasteiger partial charge in [0.05, 0.1) is 33.2 Å². The maximum Gasteiger partial charge on any atom is 0.270 e. The van der Waals surface area contributed by atoms with Crippen LogP contribution in [-0.2, 0) is 16.6 Å². The quantitative estimate of drug-likeness (QED) is 0.334. The van der Waals surface area contributed by atoms with Gasteiger partial charge in [0.2, 0.25) is 10.0 Å². The summed E-state index contributed by atoms with van der Waals surface area (Å²) >= 11 is 0. The van der Waals surface area contributed by atoms with Crippen molar-refractivity contribution in [3.63, 3.8) is 0 Å². The lowest BCUT2D eigenvalue weighted by Gasteiger charge is -2.21. The smallest absolute Gasteiger partial charge is 0.270 e. The third kappa shape index (κ3) is 4.36. The lowest BCUT2D eigenvalue weighted by Crippen LogP contribution is -2.32. The van der Waals surface area contributed by atoms with Crippen molar-refractivity contribution in [1.82, 2.24) is 14.3 Å². The average molecular weight is 454 g/mol. The molecular weight excluding hydrogens is 435 g/mol. The predicted molar refractivity (Wildman–Crippen MR) is 117 cm³/mol. The molecule has 1 N–H and O–H groups in total. The van der Waals surface area contributed by atoms with Crippen LogP contribution < -0.4 is 4.72 Å². The van der Waals surface area contributed by atoms with Crippen LogP contribution in [0.2, 0.25) is 0 Å². The van der Waals surface area contributed by atoms with Crippen molar-refractivity contribution in [1.29, 1.82) is 0 Å². The average Bonchev–Trinajstić information content (AvgIpc) is 3.16. The van der Waals surface area contributed by atoms with Crippen LogP contribution in [0.5, 0.6) is 0 Å². The first-order valence-corrected chi connectivity index (χ1v) is 11.2. The molecule has 4 rings (SSSR count). The third-order valence-corrected chi connectivity index (χ3v) is 6.76. The number of hydrogen-bond donors (Lipinski definition) is 1. The molecule has 1 unspecified atom stereocenters. The summed E-state index contributed by atoms with van der Waals surface area (Å²) in [6.45, 7) is 1.74. The molecule has 1 atom stereocenters. The van der Waals surface area contributed by atoms with Crippen LogP contribution in [0.3, 0.4) is 0 Å². The number of sulfonamides is 1. The fraction of sp³-hybridized carbons (Fsp3) is 0.136. The first kappa shape index (κ1) is 21.6. The van der Waals surface area contributed by atoms with Crippen molar-refractivity contribution in [2.75, 3.05) is 0 Å². The predicted octanol–water partition coefficient (Wildman–Crippen LogP) is 4.11. The van der Waals surface area contributed by atoms with Crippen molar-refractivity contribution >= 4 is 26.7 Å². The van der Waals surface area contributed by atoms with E-state index in [1.807, 2.05) is 24.3 Å². The maximum atomic E-state index is 13.5. The van der Waals surface area contributed by atoms with Crippen molar-refractivity contribution in [3.05, 3.63) is 100 Å². The van der Waals surface area contributed by atoms with Gasteiger partial charge in [-0.15, -0.1) is 0 Å². The van der Waals surface area contributed by atoms with Gasteiger partial charge in [0.1, 0.15) is 5.82 Å². The zero-order valence-corrected chi connectivity index (χ0v) is 17.8. The minimum atomic E-state index is -4.14. The molecule has 0 amide bonds. The second kappa shape index (κ2) is 8.48. The molecule has 0 spiro atoms. The van der Waals surface area contributed by atoms with E-state index in [0.29, 0.717) is 11.1 Å². The lowest BCUT2D eigenvalue weighted by atomic mass is 10.1. The highest BCUT2D eigenvalue weighted by Crippen LogP contribution is 2.26. The Morgan fingerprint density at radius 3 is 2.56 bits per heavy atom. The Labute approximate surface area is 183 Å². The number of halogens is 1. The fourth-order valence-corrected chi connectivity index (χ4v) is 4.98. The SMILES string of the molecule is Cc1ccc([N+](=O)[O-])cc1S(=O)(=O)NC(Cn1cnc2ccccc21)c1ccc(F)cc1. The van der Waals surface area contributed by atoms with Gasteiger partial charge in [0, 0.05) is 18.7 Å². The highest BCUT2D eigenvalue weighted by Gasteiger charge is 2.26. The van der Waals surface area contributed by atoms with E-state index in [0.717, 1.165) is 17.1 Å². The molecule has 3 aromatic carbocycles. The van der Waals surface area contributed by atoms with Crippen molar-refractivity contribution < 1.29 is 17.7 Å². The monoisotopic (exact) mass is 454 g/mol. The van der Waals surface area contributed by atoms with Gasteiger partial charge in [0.25, 0.3) is 5.69 Å². The van der Waals surface area contributed by atoms with Crippen LogP contribution in [0, 0.1) is 22.9 Å². The molecule has 4 aromatic rings. The molecule has 0 bridgehead atoms. The molecule has 0 aliphatic rings. The maximum absolute atomic E-state index is 13.5. The van der Waals surface area contributed by atoms with E-state index >= 15 is 0 Å². The zero-order valence-electron chi connectivity index (χ0n) is 17.0. The number of aryl methyl sites for hydroxylation is 1. The molecule has 164 valence electrons. The Balaban J connectivity index is 1.74. The van der Waals surface area contributed by atoms with Crippen molar-refractivity contribution in [2.45, 2.75) is 24.4 Å². The number of hydrogen-bond acceptors (Lipinski definition) is 5. The number of rotatable bonds is 7. The normalized spacial score (nSPS) is 12.7. The highest BCUT2D eigenvalue weighted by molar-refractivity contribution is 7.89. The Morgan fingerprint density at radius 2 is 1.84 bits per heavy atom. The fourth-order valence-electron chi connectivity index (χ4n) is 3.50. The van der Waals surface area contributed by atoms with E-state index in [1.54, 1.807) is 17.8 Å². The zero-order chi connectivity index (χ0) is 22.9. The van der Waals surface area contributed by atoms with Gasteiger partial charge in [-0.3, -0.25) is 10.1 Å². The van der Waals surface area contributed by atoms with Crippen molar-refractivity contribution in [2.24, 2.45) is 0 Å². The number of fused-ring (bicyclic) bond motifs is 1. The number of nitro benzene ring substituents is 1. The van der Waals surface area contributed by atoms with E-state index in [-0.39, 0.29) is 17.1 Å². The van der Waals surface area contributed by atoms with E-state index in [2.05, 4.69) is 9.71 Å². The second-order valence-electron chi connectivity index (χ2n) is 7.32. The minimum Gasteiger partial charge on any atom is -0.329 e. The highest BCUT2D eigenvalue weighted by atomic mass is 32.2. The number of non-ortho nitro benzene ring substituents is 1. The van der Waals surface area contributed by atoms with Gasteiger partial charge in [-0.05, 0) is 42.3 Å². The summed E-state index contributed by atoms with van der Waals surface area (Å²) in [7, 11) is -4.14. The van der Waals surface area contributed by atoms with Gasteiger partial charge in [-0.1, -0.05) is 30.3 Å². The molecular formula is C22H19FN4O4S. The van der Waals surface area contributed by atoms with E-state index in [9.17, 15) is 22.9 Å². The van der Waals surface area contributed by atoms with Gasteiger partial charge in [-0.2, -0.15) is 0 Å². The van der Waals surface area contributed by atoms with E-state index < -0.39 is 26.8 Å². The summed E-state index contributed by atoms with van der Waals surface area (Å²) < 4.78 is 44.4. The number of benzene rings is 3. The lowest BCUT2D eigenvalue weighted by molar-refractivity contribution is -0.385. The summed E-state index contributed by atoms with van der Waals surface area (Å²) in [6, 6.07) is 15.8. The molecule has 0 saturated carbocycles. The largest absolute Gasteiger partial charge is 0.329 e. The van der Waals surface area contributed by atoms with Gasteiger partial charge in [-0.25, -0.2) is 22.5 Å². The number of nitro groups is 1. The van der Waals surface area contributed by atoms with Crippen LogP contribution in [0.15, 0.2) is 78.0 Å². The van der Waals surface area contributed by atoms with Crippen LogP contribution >= 0.6 is 0 Å². The first-order valence-electron chi connectivity index (χ1n) is 9.67. The molecule has 0 radical (unpaired) electrons. The summed E-state index contributed by atoms with van der Waals surface area (Å²) in [5.41, 5.74) is 2.15. The molecule has 0 aliphatic carbocycles. The van der Waals surface area contributed by atoms with Crippen LogP contribution in [0.25, 0.3) is 11.0 Å². The number of imidazole rings is 1. The third-order valence-electron chi connectivity index (χ3n) is 5.15. The molecule has 0 saturated heterocycles. The summed E-state index contributed by atoms with van der Waals surface area (Å²) in [4.78, 5) is 14.6. The standard InChI is InChI=1S/C22H19FN4O4S/c1-15-6-11-18(27(28)29)12-22(15)32(30,31)25-20(16-7-9-17(23)10-8-16)13-26-14-24-19-4-2-3-5-21(19)26/h2-12,14,20,25H,13H2,1H3. The van der Waals surface area contributed by atoms with Crippen LogP contribution in [0.4, 0.5) is 10.1 Å². The van der Waals surface area contributed by atoms with E-state index in [4.69, 9.17) is 0 Å². The topological polar surface area (TPSA) is 107 Å². The first-order chi connectivity index (χ1) is 15.2. The summed E-state index contributed by atoms with van der Waals surface area (Å²) in [6.07, 6.45) is 1.61.